The average molecular weight is 400 g/mol. The second-order valence-corrected chi connectivity index (χ2v) is 6.82. The standard InChI is InChI=1S/C22H25FN2O4/c1-28-20-12-11-16(15-18(20)25-13-5-4-10-22(25)27)24-21(26)9-6-14-29-19-8-3-2-7-17(19)23/h2-3,7-8,11-12,15H,4-6,9-10,13-14H2,1H3,(H,24,26). The molecule has 0 aliphatic carbocycles. The van der Waals surface area contributed by atoms with Gasteiger partial charge < -0.3 is 19.7 Å². The molecule has 2 amide bonds. The van der Waals surface area contributed by atoms with Gasteiger partial charge in [0.2, 0.25) is 11.8 Å². The van der Waals surface area contributed by atoms with Crippen molar-refractivity contribution >= 4 is 23.2 Å². The molecule has 1 saturated heterocycles. The minimum Gasteiger partial charge on any atom is -0.495 e. The first kappa shape index (κ1) is 20.6. The van der Waals surface area contributed by atoms with Gasteiger partial charge in [0, 0.05) is 25.1 Å². The summed E-state index contributed by atoms with van der Waals surface area (Å²) in [5.74, 6) is 0.233. The summed E-state index contributed by atoms with van der Waals surface area (Å²) in [6.07, 6.45) is 3.03. The molecule has 3 rings (SSSR count). The first-order valence-electron chi connectivity index (χ1n) is 9.74. The number of para-hydroxylation sites is 1. The maximum absolute atomic E-state index is 13.5. The van der Waals surface area contributed by atoms with Crippen LogP contribution in [0.15, 0.2) is 42.5 Å². The van der Waals surface area contributed by atoms with Gasteiger partial charge in [-0.05, 0) is 49.6 Å². The third-order valence-electron chi connectivity index (χ3n) is 4.72. The van der Waals surface area contributed by atoms with E-state index in [1.807, 2.05) is 0 Å². The highest BCUT2D eigenvalue weighted by Crippen LogP contribution is 2.33. The second kappa shape index (κ2) is 9.91. The molecule has 0 bridgehead atoms. The van der Waals surface area contributed by atoms with Crippen LogP contribution in [-0.4, -0.2) is 32.1 Å². The van der Waals surface area contributed by atoms with Gasteiger partial charge in [-0.2, -0.15) is 0 Å². The number of hydrogen-bond donors (Lipinski definition) is 1. The van der Waals surface area contributed by atoms with Crippen LogP contribution in [-0.2, 0) is 9.59 Å². The lowest BCUT2D eigenvalue weighted by Gasteiger charge is -2.28. The van der Waals surface area contributed by atoms with Crippen molar-refractivity contribution in [3.63, 3.8) is 0 Å². The van der Waals surface area contributed by atoms with Gasteiger partial charge in [0.05, 0.1) is 19.4 Å². The summed E-state index contributed by atoms with van der Waals surface area (Å²) in [7, 11) is 1.56. The highest BCUT2D eigenvalue weighted by atomic mass is 19.1. The first-order valence-corrected chi connectivity index (χ1v) is 9.74. The van der Waals surface area contributed by atoms with E-state index >= 15 is 0 Å². The monoisotopic (exact) mass is 400 g/mol. The molecule has 6 nitrogen and oxygen atoms in total. The van der Waals surface area contributed by atoms with Crippen LogP contribution < -0.4 is 19.7 Å². The molecule has 29 heavy (non-hydrogen) atoms. The average Bonchev–Trinajstić information content (AvgIpc) is 2.73. The molecule has 2 aromatic rings. The Kier molecular flexibility index (Phi) is 7.05. The summed E-state index contributed by atoms with van der Waals surface area (Å²) in [5.41, 5.74) is 1.26. The topological polar surface area (TPSA) is 67.9 Å². The summed E-state index contributed by atoms with van der Waals surface area (Å²) in [6, 6.07) is 11.4. The van der Waals surface area contributed by atoms with Gasteiger partial charge >= 0.3 is 0 Å². The number of carbonyl (C=O) groups is 2. The number of hydrogen-bond acceptors (Lipinski definition) is 4. The molecule has 1 heterocycles. The predicted molar refractivity (Wildman–Crippen MR) is 109 cm³/mol. The fourth-order valence-electron chi connectivity index (χ4n) is 3.24. The molecule has 0 saturated carbocycles. The van der Waals surface area contributed by atoms with Crippen molar-refractivity contribution in [2.24, 2.45) is 0 Å². The molecule has 0 aromatic heterocycles. The Hall–Kier alpha value is -3.09. The van der Waals surface area contributed by atoms with Gasteiger partial charge in [-0.3, -0.25) is 9.59 Å². The molecule has 2 aromatic carbocycles. The number of methoxy groups -OCH3 is 1. The fourth-order valence-corrected chi connectivity index (χ4v) is 3.24. The lowest BCUT2D eigenvalue weighted by molar-refractivity contribution is -0.119. The SMILES string of the molecule is COc1ccc(NC(=O)CCCOc2ccccc2F)cc1N1CCCCC1=O. The van der Waals surface area contributed by atoms with Gasteiger partial charge in [-0.25, -0.2) is 4.39 Å². The number of benzene rings is 2. The Balaban J connectivity index is 1.55. The Morgan fingerprint density at radius 3 is 2.76 bits per heavy atom. The summed E-state index contributed by atoms with van der Waals surface area (Å²) in [5, 5.41) is 2.84. The van der Waals surface area contributed by atoms with E-state index in [9.17, 15) is 14.0 Å². The second-order valence-electron chi connectivity index (χ2n) is 6.82. The Morgan fingerprint density at radius 1 is 1.17 bits per heavy atom. The van der Waals surface area contributed by atoms with Crippen molar-refractivity contribution < 1.29 is 23.5 Å². The summed E-state index contributed by atoms with van der Waals surface area (Å²) < 4.78 is 24.2. The van der Waals surface area contributed by atoms with E-state index in [1.54, 1.807) is 48.4 Å². The third-order valence-corrected chi connectivity index (χ3v) is 4.72. The number of ether oxygens (including phenoxy) is 2. The lowest BCUT2D eigenvalue weighted by atomic mass is 10.1. The van der Waals surface area contributed by atoms with E-state index < -0.39 is 5.82 Å². The van der Waals surface area contributed by atoms with Gasteiger partial charge in [-0.15, -0.1) is 0 Å². The van der Waals surface area contributed by atoms with Gasteiger partial charge in [0.1, 0.15) is 5.75 Å². The third kappa shape index (κ3) is 5.47. The smallest absolute Gasteiger partial charge is 0.227 e. The quantitative estimate of drug-likeness (QED) is 0.676. The maximum Gasteiger partial charge on any atom is 0.227 e. The molecular formula is C22H25FN2O4. The van der Waals surface area contributed by atoms with Crippen LogP contribution in [0.25, 0.3) is 0 Å². The van der Waals surface area contributed by atoms with Gasteiger partial charge in [0.15, 0.2) is 11.6 Å². The number of halogens is 1. The number of piperidine rings is 1. The lowest BCUT2D eigenvalue weighted by Crippen LogP contribution is -2.35. The zero-order valence-corrected chi connectivity index (χ0v) is 16.4. The Morgan fingerprint density at radius 2 is 2.00 bits per heavy atom. The van der Waals surface area contributed by atoms with E-state index in [0.717, 1.165) is 12.8 Å². The van der Waals surface area contributed by atoms with Crippen LogP contribution in [0.2, 0.25) is 0 Å². The zero-order chi connectivity index (χ0) is 20.6. The van der Waals surface area contributed by atoms with Crippen molar-refractivity contribution in [2.45, 2.75) is 32.1 Å². The number of amides is 2. The zero-order valence-electron chi connectivity index (χ0n) is 16.4. The van der Waals surface area contributed by atoms with E-state index in [-0.39, 0.29) is 30.6 Å². The fraction of sp³-hybridized carbons (Fsp3) is 0.364. The molecule has 0 atom stereocenters. The van der Waals surface area contributed by atoms with Crippen LogP contribution in [0, 0.1) is 5.82 Å². The minimum atomic E-state index is -0.421. The van der Waals surface area contributed by atoms with Crippen molar-refractivity contribution in [1.82, 2.24) is 0 Å². The van der Waals surface area contributed by atoms with Crippen molar-refractivity contribution in [3.8, 4) is 11.5 Å². The molecule has 0 unspecified atom stereocenters. The van der Waals surface area contributed by atoms with Crippen molar-refractivity contribution in [2.75, 3.05) is 30.5 Å². The highest BCUT2D eigenvalue weighted by molar-refractivity contribution is 5.97. The minimum absolute atomic E-state index is 0.0586. The van der Waals surface area contributed by atoms with Crippen LogP contribution in [0.4, 0.5) is 15.8 Å². The number of anilines is 2. The number of nitrogens with zero attached hydrogens (tertiary/aromatic N) is 1. The van der Waals surface area contributed by atoms with Crippen molar-refractivity contribution in [3.05, 3.63) is 48.3 Å². The van der Waals surface area contributed by atoms with Crippen molar-refractivity contribution in [1.29, 1.82) is 0 Å². The predicted octanol–water partition coefficient (Wildman–Crippen LogP) is 4.15. The molecule has 154 valence electrons. The molecule has 7 heteroatoms. The first-order chi connectivity index (χ1) is 14.1. The van der Waals surface area contributed by atoms with Crippen LogP contribution in [0.5, 0.6) is 11.5 Å². The van der Waals surface area contributed by atoms with E-state index in [0.29, 0.717) is 36.5 Å². The number of rotatable bonds is 8. The Bertz CT molecular complexity index is 872. The molecule has 0 spiro atoms. The maximum atomic E-state index is 13.5. The van der Waals surface area contributed by atoms with Gasteiger partial charge in [-0.1, -0.05) is 12.1 Å². The van der Waals surface area contributed by atoms with Gasteiger partial charge in [0.25, 0.3) is 0 Å². The van der Waals surface area contributed by atoms with E-state index in [4.69, 9.17) is 9.47 Å². The molecule has 1 aliphatic rings. The Labute approximate surface area is 169 Å². The summed E-state index contributed by atoms with van der Waals surface area (Å²) in [6.45, 7) is 0.879. The van der Waals surface area contributed by atoms with E-state index in [1.165, 1.54) is 6.07 Å². The summed E-state index contributed by atoms with van der Waals surface area (Å²) in [4.78, 5) is 26.2. The van der Waals surface area contributed by atoms with Crippen LogP contribution in [0.3, 0.4) is 0 Å². The molecule has 1 N–H and O–H groups in total. The number of carbonyl (C=O) groups excluding carboxylic acids is 2. The largest absolute Gasteiger partial charge is 0.495 e. The molecule has 1 aliphatic heterocycles. The molecular weight excluding hydrogens is 375 g/mol. The number of nitrogens with one attached hydrogen (secondary N) is 1. The normalized spacial score (nSPS) is 13.9. The molecule has 1 fully saturated rings. The molecule has 0 radical (unpaired) electrons. The highest BCUT2D eigenvalue weighted by Gasteiger charge is 2.23. The van der Waals surface area contributed by atoms with E-state index in [2.05, 4.69) is 5.32 Å². The summed E-state index contributed by atoms with van der Waals surface area (Å²) >= 11 is 0. The van der Waals surface area contributed by atoms with Crippen LogP contribution >= 0.6 is 0 Å². The van der Waals surface area contributed by atoms with Crippen LogP contribution in [0.1, 0.15) is 32.1 Å².